The first-order valence-electron chi connectivity index (χ1n) is 7.22. The van der Waals surface area contributed by atoms with E-state index in [2.05, 4.69) is 5.32 Å². The van der Waals surface area contributed by atoms with Crippen molar-refractivity contribution >= 4 is 27.3 Å². The molecular formula is C15H21ClN2O3S. The Hall–Kier alpha value is -1.11. The number of rotatable bonds is 5. The van der Waals surface area contributed by atoms with Crippen LogP contribution in [0.3, 0.4) is 0 Å². The lowest BCUT2D eigenvalue weighted by Gasteiger charge is -2.25. The van der Waals surface area contributed by atoms with Crippen LogP contribution >= 0.6 is 11.6 Å². The second kappa shape index (κ2) is 6.98. The number of carbonyl (C=O) groups excluding carboxylic acids is 1. The molecule has 1 saturated heterocycles. The summed E-state index contributed by atoms with van der Waals surface area (Å²) in [5.41, 5.74) is 1.06. The first-order chi connectivity index (χ1) is 10.3. The fraction of sp³-hybridized carbons (Fsp3) is 0.533. The zero-order chi connectivity index (χ0) is 16.3. The van der Waals surface area contributed by atoms with Gasteiger partial charge in [-0.3, -0.25) is 9.69 Å². The zero-order valence-corrected chi connectivity index (χ0v) is 14.3. The third-order valence-corrected chi connectivity index (χ3v) is 5.98. The number of halogens is 1. The highest BCUT2D eigenvalue weighted by atomic mass is 35.5. The van der Waals surface area contributed by atoms with E-state index >= 15 is 0 Å². The Labute approximate surface area is 136 Å². The summed E-state index contributed by atoms with van der Waals surface area (Å²) in [6.45, 7) is 2.43. The van der Waals surface area contributed by atoms with E-state index in [4.69, 9.17) is 11.6 Å². The standard InChI is InChI=1S/C15H21ClN2O3S/c1-11(15(19)17-14-7-8-22(20,21)10-14)18(2)9-12-3-5-13(16)6-4-12/h3-6,11,14H,7-10H2,1-2H3,(H,17,19). The van der Waals surface area contributed by atoms with Gasteiger partial charge in [-0.15, -0.1) is 0 Å². The maximum absolute atomic E-state index is 12.2. The molecule has 0 aromatic heterocycles. The Morgan fingerprint density at radius 1 is 1.41 bits per heavy atom. The van der Waals surface area contributed by atoms with Gasteiger partial charge in [0.1, 0.15) is 0 Å². The van der Waals surface area contributed by atoms with Gasteiger partial charge in [0.2, 0.25) is 5.91 Å². The zero-order valence-electron chi connectivity index (χ0n) is 12.8. The summed E-state index contributed by atoms with van der Waals surface area (Å²) in [6.07, 6.45) is 0.502. The van der Waals surface area contributed by atoms with Gasteiger partial charge < -0.3 is 5.32 Å². The van der Waals surface area contributed by atoms with Crippen LogP contribution in [-0.2, 0) is 21.2 Å². The van der Waals surface area contributed by atoms with Gasteiger partial charge in [0.15, 0.2) is 9.84 Å². The fourth-order valence-electron chi connectivity index (χ4n) is 2.45. The topological polar surface area (TPSA) is 66.5 Å². The van der Waals surface area contributed by atoms with E-state index in [1.807, 2.05) is 43.1 Å². The number of amides is 1. The minimum Gasteiger partial charge on any atom is -0.351 e. The van der Waals surface area contributed by atoms with E-state index in [0.29, 0.717) is 18.0 Å². The molecule has 1 amide bonds. The highest BCUT2D eigenvalue weighted by molar-refractivity contribution is 7.91. The summed E-state index contributed by atoms with van der Waals surface area (Å²) in [5.74, 6) is 0.0674. The van der Waals surface area contributed by atoms with Crippen LogP contribution in [0, 0.1) is 0 Å². The van der Waals surface area contributed by atoms with Gasteiger partial charge in [-0.05, 0) is 38.1 Å². The summed E-state index contributed by atoms with van der Waals surface area (Å²) in [7, 11) is -1.12. The molecule has 1 aromatic rings. The average Bonchev–Trinajstić information content (AvgIpc) is 2.79. The van der Waals surface area contributed by atoms with Crippen molar-refractivity contribution in [3.05, 3.63) is 34.9 Å². The third-order valence-electron chi connectivity index (χ3n) is 3.96. The summed E-state index contributed by atoms with van der Waals surface area (Å²) < 4.78 is 22.8. The van der Waals surface area contributed by atoms with Crippen molar-refractivity contribution in [1.29, 1.82) is 0 Å². The average molecular weight is 345 g/mol. The molecule has 0 spiro atoms. The van der Waals surface area contributed by atoms with Gasteiger partial charge >= 0.3 is 0 Å². The Bertz CT molecular complexity index is 631. The molecule has 7 heteroatoms. The second-order valence-electron chi connectivity index (χ2n) is 5.83. The molecule has 122 valence electrons. The second-order valence-corrected chi connectivity index (χ2v) is 8.49. The van der Waals surface area contributed by atoms with Crippen LogP contribution in [0.25, 0.3) is 0 Å². The predicted molar refractivity (Wildman–Crippen MR) is 87.6 cm³/mol. The normalized spacial score (nSPS) is 21.7. The molecule has 22 heavy (non-hydrogen) atoms. The van der Waals surface area contributed by atoms with E-state index in [1.165, 1.54) is 0 Å². The molecule has 1 heterocycles. The Balaban J connectivity index is 1.88. The summed E-state index contributed by atoms with van der Waals surface area (Å²) in [6, 6.07) is 6.89. The highest BCUT2D eigenvalue weighted by Crippen LogP contribution is 2.14. The molecule has 2 unspecified atom stereocenters. The first kappa shape index (κ1) is 17.2. The lowest BCUT2D eigenvalue weighted by Crippen LogP contribution is -2.47. The van der Waals surface area contributed by atoms with Crippen LogP contribution in [0.1, 0.15) is 18.9 Å². The van der Waals surface area contributed by atoms with Gasteiger partial charge in [0.05, 0.1) is 17.5 Å². The predicted octanol–water partition coefficient (Wildman–Crippen LogP) is 1.46. The monoisotopic (exact) mass is 344 g/mol. The van der Waals surface area contributed by atoms with Crippen molar-refractivity contribution in [2.45, 2.75) is 32.0 Å². The Kier molecular flexibility index (Phi) is 5.47. The molecule has 1 aliphatic rings. The van der Waals surface area contributed by atoms with Crippen LogP contribution in [0.2, 0.25) is 5.02 Å². The molecule has 1 aliphatic heterocycles. The minimum absolute atomic E-state index is 0.0480. The van der Waals surface area contributed by atoms with Crippen LogP contribution in [0.5, 0.6) is 0 Å². The summed E-state index contributed by atoms with van der Waals surface area (Å²) in [5, 5.41) is 3.51. The number of carbonyl (C=O) groups is 1. The largest absolute Gasteiger partial charge is 0.351 e. The van der Waals surface area contributed by atoms with E-state index in [-0.39, 0.29) is 29.5 Å². The number of hydrogen-bond acceptors (Lipinski definition) is 4. The molecular weight excluding hydrogens is 324 g/mol. The van der Waals surface area contributed by atoms with Gasteiger partial charge in [0.25, 0.3) is 0 Å². The number of sulfone groups is 1. The molecule has 0 radical (unpaired) electrons. The van der Waals surface area contributed by atoms with Crippen molar-refractivity contribution in [2.24, 2.45) is 0 Å². The third kappa shape index (κ3) is 4.69. The van der Waals surface area contributed by atoms with Crippen LogP contribution in [0.4, 0.5) is 0 Å². The number of likely N-dealkylation sites (N-methyl/N-ethyl adjacent to an activating group) is 1. The molecule has 0 bridgehead atoms. The van der Waals surface area contributed by atoms with Crippen LogP contribution in [-0.4, -0.2) is 49.9 Å². The van der Waals surface area contributed by atoms with E-state index < -0.39 is 9.84 Å². The van der Waals surface area contributed by atoms with Crippen molar-refractivity contribution in [3.63, 3.8) is 0 Å². The Morgan fingerprint density at radius 3 is 2.59 bits per heavy atom. The van der Waals surface area contributed by atoms with Crippen LogP contribution < -0.4 is 5.32 Å². The minimum atomic E-state index is -2.98. The fourth-order valence-corrected chi connectivity index (χ4v) is 4.24. The number of nitrogens with one attached hydrogen (secondary N) is 1. The quantitative estimate of drug-likeness (QED) is 0.878. The maximum Gasteiger partial charge on any atom is 0.237 e. The molecule has 2 atom stereocenters. The maximum atomic E-state index is 12.2. The highest BCUT2D eigenvalue weighted by Gasteiger charge is 2.30. The van der Waals surface area contributed by atoms with Crippen molar-refractivity contribution in [2.75, 3.05) is 18.6 Å². The van der Waals surface area contributed by atoms with E-state index in [1.54, 1.807) is 0 Å². The van der Waals surface area contributed by atoms with Crippen molar-refractivity contribution in [3.8, 4) is 0 Å². The lowest BCUT2D eigenvalue weighted by atomic mass is 10.1. The molecule has 1 fully saturated rings. The molecule has 5 nitrogen and oxygen atoms in total. The van der Waals surface area contributed by atoms with Gasteiger partial charge in [-0.1, -0.05) is 23.7 Å². The van der Waals surface area contributed by atoms with Gasteiger partial charge in [0, 0.05) is 17.6 Å². The molecule has 1 aromatic carbocycles. The van der Waals surface area contributed by atoms with Crippen LogP contribution in [0.15, 0.2) is 24.3 Å². The molecule has 2 rings (SSSR count). The SMILES string of the molecule is CC(C(=O)NC1CCS(=O)(=O)C1)N(C)Cc1ccc(Cl)cc1. The molecule has 0 aliphatic carbocycles. The number of hydrogen-bond donors (Lipinski definition) is 1. The number of benzene rings is 1. The van der Waals surface area contributed by atoms with E-state index in [9.17, 15) is 13.2 Å². The van der Waals surface area contributed by atoms with Crippen molar-refractivity contribution in [1.82, 2.24) is 10.2 Å². The van der Waals surface area contributed by atoms with E-state index in [0.717, 1.165) is 5.56 Å². The summed E-state index contributed by atoms with van der Waals surface area (Å²) >= 11 is 5.85. The molecule has 1 N–H and O–H groups in total. The smallest absolute Gasteiger partial charge is 0.237 e. The van der Waals surface area contributed by atoms with Crippen molar-refractivity contribution < 1.29 is 13.2 Å². The Morgan fingerprint density at radius 2 is 2.05 bits per heavy atom. The first-order valence-corrected chi connectivity index (χ1v) is 9.42. The summed E-state index contributed by atoms with van der Waals surface area (Å²) in [4.78, 5) is 14.1. The van der Waals surface area contributed by atoms with Gasteiger partial charge in [-0.2, -0.15) is 0 Å². The van der Waals surface area contributed by atoms with Gasteiger partial charge in [-0.25, -0.2) is 8.42 Å². The molecule has 0 saturated carbocycles. The lowest BCUT2D eigenvalue weighted by molar-refractivity contribution is -0.126. The number of nitrogens with zero attached hydrogens (tertiary/aromatic N) is 1.